The van der Waals surface area contributed by atoms with Crippen molar-refractivity contribution in [1.29, 1.82) is 0 Å². The topological polar surface area (TPSA) is 86.7 Å². The second-order valence-corrected chi connectivity index (χ2v) is 6.04. The molecule has 0 N–H and O–H groups in total. The summed E-state index contributed by atoms with van der Waals surface area (Å²) in [7, 11) is -3.51. The first-order chi connectivity index (χ1) is 6.94. The lowest BCUT2D eigenvalue weighted by Crippen LogP contribution is -2.36. The highest BCUT2D eigenvalue weighted by molar-refractivity contribution is 7.86. The van der Waals surface area contributed by atoms with Crippen LogP contribution in [-0.2, 0) is 25.4 Å². The minimum atomic E-state index is -3.51. The van der Waals surface area contributed by atoms with Crippen LogP contribution in [0.25, 0.3) is 0 Å². The fourth-order valence-corrected chi connectivity index (χ4v) is 2.68. The van der Waals surface area contributed by atoms with E-state index in [9.17, 15) is 17.2 Å². The Hall–Kier alpha value is -0.0200. The molecule has 0 aromatic rings. The summed E-state index contributed by atoms with van der Waals surface area (Å²) >= 11 is -2.21. The van der Waals surface area contributed by atoms with Crippen LogP contribution in [0.3, 0.4) is 0 Å². The van der Waals surface area contributed by atoms with Crippen molar-refractivity contribution in [2.45, 2.75) is 26.0 Å². The van der Waals surface area contributed by atoms with Crippen LogP contribution >= 0.6 is 0 Å². The summed E-state index contributed by atoms with van der Waals surface area (Å²) in [5, 5.41) is 0. The van der Waals surface area contributed by atoms with Crippen LogP contribution in [0.4, 0.5) is 0 Å². The zero-order valence-electron chi connectivity index (χ0n) is 8.42. The highest BCUT2D eigenvalue weighted by atomic mass is 32.2. The maximum Gasteiger partial charge on any atom is 0.268 e. The van der Waals surface area contributed by atoms with E-state index in [1.165, 1.54) is 11.8 Å². The van der Waals surface area contributed by atoms with E-state index >= 15 is 0 Å². The number of hydrogen-bond acceptors (Lipinski definition) is 6. The van der Waals surface area contributed by atoms with Gasteiger partial charge in [-0.1, -0.05) is 0 Å². The van der Waals surface area contributed by atoms with Gasteiger partial charge in [0.2, 0.25) is 0 Å². The molecule has 1 aliphatic heterocycles. The molecule has 0 aliphatic carbocycles. The van der Waals surface area contributed by atoms with Gasteiger partial charge >= 0.3 is 0 Å². The molecule has 1 heterocycles. The molecule has 1 fully saturated rings. The summed E-state index contributed by atoms with van der Waals surface area (Å²) in [5.74, 6) is -0.276. The van der Waals surface area contributed by atoms with Crippen LogP contribution in [0.2, 0.25) is 0 Å². The summed E-state index contributed by atoms with van der Waals surface area (Å²) in [6, 6.07) is 0. The van der Waals surface area contributed by atoms with Crippen molar-refractivity contribution in [2.24, 2.45) is 0 Å². The normalized spacial score (nSPS) is 25.6. The molecular formula is C7H14NO5S2-. The van der Waals surface area contributed by atoms with Crippen molar-refractivity contribution in [1.82, 2.24) is 4.90 Å². The van der Waals surface area contributed by atoms with Gasteiger partial charge in [-0.2, -0.15) is 8.42 Å². The Bertz CT molecular complexity index is 328. The van der Waals surface area contributed by atoms with Gasteiger partial charge in [0.25, 0.3) is 10.1 Å². The number of nitrogens with zero attached hydrogens (tertiary/aromatic N) is 1. The van der Waals surface area contributed by atoms with E-state index in [2.05, 4.69) is 0 Å². The fourth-order valence-electron chi connectivity index (χ4n) is 1.42. The van der Waals surface area contributed by atoms with E-state index in [1.54, 1.807) is 0 Å². The summed E-state index contributed by atoms with van der Waals surface area (Å²) in [6.45, 7) is 2.04. The van der Waals surface area contributed by atoms with Gasteiger partial charge in [0, 0.05) is 6.54 Å². The van der Waals surface area contributed by atoms with Gasteiger partial charge in [0.05, 0.1) is 11.6 Å². The van der Waals surface area contributed by atoms with Crippen molar-refractivity contribution in [3.8, 4) is 0 Å². The molecule has 0 radical (unpaired) electrons. The summed E-state index contributed by atoms with van der Waals surface area (Å²) in [5.41, 5.74) is 0. The molecule has 1 aliphatic rings. The molecule has 90 valence electrons. The zero-order chi connectivity index (χ0) is 11.5. The molecule has 1 unspecified atom stereocenters. The average Bonchev–Trinajstić information content (AvgIpc) is 2.51. The van der Waals surface area contributed by atoms with Crippen molar-refractivity contribution < 1.29 is 21.4 Å². The molecule has 1 rings (SSSR count). The maximum absolute atomic E-state index is 11.2. The molecule has 8 heteroatoms. The minimum Gasteiger partial charge on any atom is -0.771 e. The van der Waals surface area contributed by atoms with E-state index in [0.29, 0.717) is 13.0 Å². The van der Waals surface area contributed by atoms with E-state index < -0.39 is 27.4 Å². The zero-order valence-corrected chi connectivity index (χ0v) is 10.1. The smallest absolute Gasteiger partial charge is 0.268 e. The maximum atomic E-state index is 11.2. The van der Waals surface area contributed by atoms with E-state index in [-0.39, 0.29) is 11.6 Å². The van der Waals surface area contributed by atoms with Crippen LogP contribution in [0.5, 0.6) is 0 Å². The molecule has 0 saturated carbocycles. The van der Waals surface area contributed by atoms with E-state index in [0.717, 1.165) is 6.42 Å². The first-order valence-electron chi connectivity index (χ1n) is 4.65. The van der Waals surface area contributed by atoms with Crippen molar-refractivity contribution in [3.05, 3.63) is 0 Å². The van der Waals surface area contributed by atoms with Gasteiger partial charge in [0.1, 0.15) is 6.23 Å². The third-order valence-electron chi connectivity index (χ3n) is 2.19. The van der Waals surface area contributed by atoms with Crippen LogP contribution in [0, 0.1) is 0 Å². The first kappa shape index (κ1) is 13.0. The Kier molecular flexibility index (Phi) is 4.65. The lowest BCUT2D eigenvalue weighted by molar-refractivity contribution is 0.0809. The molecule has 0 aromatic carbocycles. The minimum absolute atomic E-state index is 0.0994. The third kappa shape index (κ3) is 4.15. The molecule has 2 atom stereocenters. The molecule has 6 nitrogen and oxygen atoms in total. The predicted octanol–water partition coefficient (Wildman–Crippen LogP) is -0.389. The molecule has 0 bridgehead atoms. The standard InChI is InChI=1S/C7H15NO5S2/c1-2-15(11,12)13-7-4-3-5-8(7)6-14(9)10/h7H,2-6H2,1H3,(H,9,10)/p-1/t7-/m0/s1. The van der Waals surface area contributed by atoms with Crippen LogP contribution in [-0.4, -0.2) is 46.5 Å². The Morgan fingerprint density at radius 1 is 1.60 bits per heavy atom. The molecule has 0 spiro atoms. The molecule has 15 heavy (non-hydrogen) atoms. The highest BCUT2D eigenvalue weighted by Crippen LogP contribution is 2.20. The van der Waals surface area contributed by atoms with Gasteiger partial charge < -0.3 is 4.55 Å². The van der Waals surface area contributed by atoms with Crippen LogP contribution < -0.4 is 0 Å². The predicted molar refractivity (Wildman–Crippen MR) is 54.1 cm³/mol. The molecule has 1 saturated heterocycles. The highest BCUT2D eigenvalue weighted by Gasteiger charge is 2.29. The Balaban J connectivity index is 2.57. The van der Waals surface area contributed by atoms with Crippen LogP contribution in [0.15, 0.2) is 0 Å². The molecule has 0 amide bonds. The number of hydrogen-bond donors (Lipinski definition) is 0. The lowest BCUT2D eigenvalue weighted by Gasteiger charge is -2.24. The summed E-state index contributed by atoms with van der Waals surface area (Å²) in [6.07, 6.45) is 0.685. The molecule has 0 aromatic heterocycles. The lowest BCUT2D eigenvalue weighted by atomic mass is 10.4. The van der Waals surface area contributed by atoms with Crippen molar-refractivity contribution >= 4 is 21.2 Å². The fraction of sp³-hybridized carbons (Fsp3) is 1.00. The summed E-state index contributed by atoms with van der Waals surface area (Å²) in [4.78, 5) is 1.51. The quantitative estimate of drug-likeness (QED) is 0.492. The second-order valence-electron chi connectivity index (χ2n) is 3.28. The number of rotatable bonds is 5. The van der Waals surface area contributed by atoms with Gasteiger partial charge in [-0.05, 0) is 30.8 Å². The third-order valence-corrected chi connectivity index (χ3v) is 3.95. The van der Waals surface area contributed by atoms with Gasteiger partial charge in [-0.15, -0.1) is 0 Å². The Morgan fingerprint density at radius 3 is 2.80 bits per heavy atom. The number of likely N-dealkylation sites (tertiary alicyclic amines) is 1. The van der Waals surface area contributed by atoms with Gasteiger partial charge in [-0.3, -0.25) is 13.3 Å². The summed E-state index contributed by atoms with van der Waals surface area (Å²) < 4.78 is 48.2. The Morgan fingerprint density at radius 2 is 2.27 bits per heavy atom. The Labute approximate surface area is 92.0 Å². The largest absolute Gasteiger partial charge is 0.771 e. The van der Waals surface area contributed by atoms with E-state index in [4.69, 9.17) is 4.18 Å². The van der Waals surface area contributed by atoms with Gasteiger partial charge in [0.15, 0.2) is 0 Å². The monoisotopic (exact) mass is 256 g/mol. The second kappa shape index (κ2) is 5.35. The first-order valence-corrected chi connectivity index (χ1v) is 7.47. The van der Waals surface area contributed by atoms with Gasteiger partial charge in [-0.25, -0.2) is 0 Å². The average molecular weight is 256 g/mol. The van der Waals surface area contributed by atoms with Crippen molar-refractivity contribution in [2.75, 3.05) is 18.2 Å². The SMILES string of the molecule is CCS(=O)(=O)O[C@H]1CCCN1CS(=O)[O-]. The van der Waals surface area contributed by atoms with Crippen LogP contribution in [0.1, 0.15) is 19.8 Å². The molecular weight excluding hydrogens is 242 g/mol. The van der Waals surface area contributed by atoms with Crippen molar-refractivity contribution in [3.63, 3.8) is 0 Å². The van der Waals surface area contributed by atoms with E-state index in [1.807, 2.05) is 0 Å².